The molecule has 0 radical (unpaired) electrons. The van der Waals surface area contributed by atoms with Crippen molar-refractivity contribution in [2.75, 3.05) is 42.9 Å². The Labute approximate surface area is 231 Å². The number of likely N-dealkylation sites (N-methyl/N-ethyl adjacent to an activating group) is 1. The van der Waals surface area contributed by atoms with E-state index >= 15 is 0 Å². The topological polar surface area (TPSA) is 91.8 Å². The van der Waals surface area contributed by atoms with E-state index in [-0.39, 0.29) is 10.8 Å². The molecule has 0 spiro atoms. The van der Waals surface area contributed by atoms with Crippen molar-refractivity contribution in [2.45, 2.75) is 18.7 Å². The van der Waals surface area contributed by atoms with Gasteiger partial charge in [-0.1, -0.05) is 55.0 Å². The van der Waals surface area contributed by atoms with E-state index < -0.39 is 10.0 Å². The Bertz CT molecular complexity index is 1510. The van der Waals surface area contributed by atoms with Gasteiger partial charge in [0.05, 0.1) is 21.7 Å². The van der Waals surface area contributed by atoms with Crippen LogP contribution in [0.1, 0.15) is 24.2 Å². The summed E-state index contributed by atoms with van der Waals surface area (Å²) in [6, 6.07) is 18.0. The van der Waals surface area contributed by atoms with E-state index in [0.717, 1.165) is 17.8 Å². The number of halogens is 1. The number of fused-ring (bicyclic) bond motifs is 1. The molecule has 3 aromatic carbocycles. The molecule has 1 N–H and O–H groups in total. The lowest BCUT2D eigenvalue weighted by molar-refractivity contribution is 0.0984. The molecule has 1 heterocycles. The van der Waals surface area contributed by atoms with Crippen LogP contribution in [0.2, 0.25) is 5.02 Å². The number of aromatic nitrogens is 1. The third-order valence-electron chi connectivity index (χ3n) is 6.12. The number of ether oxygens (including phenoxy) is 1. The molecule has 0 atom stereocenters. The van der Waals surface area contributed by atoms with Gasteiger partial charge < -0.3 is 9.64 Å². The molecule has 11 heteroatoms. The van der Waals surface area contributed by atoms with Gasteiger partial charge in [-0.3, -0.25) is 14.4 Å². The highest BCUT2D eigenvalue weighted by Gasteiger charge is 2.24. The van der Waals surface area contributed by atoms with Crippen molar-refractivity contribution in [3.63, 3.8) is 0 Å². The van der Waals surface area contributed by atoms with E-state index in [0.29, 0.717) is 45.8 Å². The monoisotopic (exact) mass is 572 g/mol. The molecule has 4 rings (SSSR count). The number of benzene rings is 3. The Kier molecular flexibility index (Phi) is 8.88. The molecule has 200 valence electrons. The van der Waals surface area contributed by atoms with Crippen LogP contribution in [0.4, 0.5) is 10.8 Å². The first-order valence-electron chi connectivity index (χ1n) is 12.1. The number of methoxy groups -OCH3 is 1. The lowest BCUT2D eigenvalue weighted by Gasteiger charge is -2.24. The fourth-order valence-electron chi connectivity index (χ4n) is 3.94. The highest BCUT2D eigenvalue weighted by atomic mass is 35.5. The predicted molar refractivity (Wildman–Crippen MR) is 154 cm³/mol. The van der Waals surface area contributed by atoms with Gasteiger partial charge in [0.2, 0.25) is 0 Å². The fraction of sp³-hybridized carbons (Fsp3) is 0.259. The number of thiazole rings is 1. The first-order valence-corrected chi connectivity index (χ1v) is 14.8. The lowest BCUT2D eigenvalue weighted by Crippen LogP contribution is -2.38. The second-order valence-corrected chi connectivity index (χ2v) is 11.5. The minimum atomic E-state index is -3.74. The van der Waals surface area contributed by atoms with Crippen LogP contribution in [0.5, 0.6) is 5.75 Å². The lowest BCUT2D eigenvalue weighted by atomic mass is 10.2. The summed E-state index contributed by atoms with van der Waals surface area (Å²) in [6.07, 6.45) is 0. The second-order valence-electron chi connectivity index (χ2n) is 8.40. The summed E-state index contributed by atoms with van der Waals surface area (Å²) in [7, 11) is -2.17. The zero-order chi connectivity index (χ0) is 27.3. The Hall–Kier alpha value is -3.18. The van der Waals surface area contributed by atoms with E-state index in [1.807, 2.05) is 0 Å². The van der Waals surface area contributed by atoms with Gasteiger partial charge in [0.15, 0.2) is 5.13 Å². The summed E-state index contributed by atoms with van der Waals surface area (Å²) >= 11 is 7.77. The summed E-state index contributed by atoms with van der Waals surface area (Å²) < 4.78 is 34.1. The number of nitrogens with one attached hydrogen (secondary N) is 1. The maximum atomic E-state index is 13.7. The normalized spacial score (nSPS) is 11.6. The van der Waals surface area contributed by atoms with Crippen LogP contribution < -0.4 is 14.4 Å². The number of rotatable bonds is 11. The Balaban J connectivity index is 1.63. The van der Waals surface area contributed by atoms with Crippen molar-refractivity contribution in [1.82, 2.24) is 9.88 Å². The van der Waals surface area contributed by atoms with Crippen LogP contribution in [-0.4, -0.2) is 57.5 Å². The number of hydrogen-bond acceptors (Lipinski definition) is 7. The molecule has 0 saturated carbocycles. The maximum Gasteiger partial charge on any atom is 0.261 e. The van der Waals surface area contributed by atoms with Crippen molar-refractivity contribution < 1.29 is 17.9 Å². The summed E-state index contributed by atoms with van der Waals surface area (Å²) in [5.74, 6) is 0.335. The Morgan fingerprint density at radius 1 is 1.00 bits per heavy atom. The molecular formula is C27H29ClN4O4S2. The SMILES string of the molecule is CCN(CC)CCN(C(=O)c1ccc(NS(=O)(=O)c2ccccc2)cc1)c1nc2c(OC)ccc(Cl)c2s1. The van der Waals surface area contributed by atoms with Crippen LogP contribution in [-0.2, 0) is 10.0 Å². The molecule has 38 heavy (non-hydrogen) atoms. The molecule has 4 aromatic rings. The number of hydrogen-bond donors (Lipinski definition) is 1. The van der Waals surface area contributed by atoms with Gasteiger partial charge in [-0.05, 0) is 61.6 Å². The van der Waals surface area contributed by atoms with Crippen molar-refractivity contribution in [3.8, 4) is 5.75 Å². The molecule has 0 aliphatic rings. The van der Waals surface area contributed by atoms with Crippen LogP contribution in [0.15, 0.2) is 71.6 Å². The smallest absolute Gasteiger partial charge is 0.261 e. The average Bonchev–Trinajstić information content (AvgIpc) is 3.38. The van der Waals surface area contributed by atoms with Crippen molar-refractivity contribution >= 4 is 59.9 Å². The zero-order valence-corrected chi connectivity index (χ0v) is 23.7. The minimum Gasteiger partial charge on any atom is -0.494 e. The maximum absolute atomic E-state index is 13.7. The third-order valence-corrected chi connectivity index (χ3v) is 9.05. The van der Waals surface area contributed by atoms with Crippen molar-refractivity contribution in [2.24, 2.45) is 0 Å². The van der Waals surface area contributed by atoms with E-state index in [2.05, 4.69) is 23.5 Å². The number of amides is 1. The quantitative estimate of drug-likeness (QED) is 0.246. The first kappa shape index (κ1) is 27.8. The largest absolute Gasteiger partial charge is 0.494 e. The number of sulfonamides is 1. The summed E-state index contributed by atoms with van der Waals surface area (Å²) in [5.41, 5.74) is 1.37. The molecular weight excluding hydrogens is 544 g/mol. The van der Waals surface area contributed by atoms with Gasteiger partial charge in [-0.2, -0.15) is 0 Å². The summed E-state index contributed by atoms with van der Waals surface area (Å²) in [4.78, 5) is 22.5. The van der Waals surface area contributed by atoms with Crippen LogP contribution in [0, 0.1) is 0 Å². The number of carbonyl (C=O) groups is 1. The standard InChI is InChI=1S/C27H29ClN4O4S2/c1-4-31(5-2)17-18-32(27-29-24-23(36-3)16-15-22(28)25(24)37-27)26(33)19-11-13-20(14-12-19)30-38(34,35)21-9-7-6-8-10-21/h6-16,30H,4-5,17-18H2,1-3H3. The molecule has 0 aliphatic heterocycles. The zero-order valence-electron chi connectivity index (χ0n) is 21.3. The Morgan fingerprint density at radius 3 is 2.32 bits per heavy atom. The van der Waals surface area contributed by atoms with E-state index in [4.69, 9.17) is 21.3 Å². The minimum absolute atomic E-state index is 0.160. The van der Waals surface area contributed by atoms with Gasteiger partial charge in [0.1, 0.15) is 11.3 Å². The average molecular weight is 573 g/mol. The van der Waals surface area contributed by atoms with Crippen molar-refractivity contribution in [3.05, 3.63) is 77.3 Å². The molecule has 0 saturated heterocycles. The van der Waals surface area contributed by atoms with Gasteiger partial charge >= 0.3 is 0 Å². The number of nitrogens with zero attached hydrogens (tertiary/aromatic N) is 3. The van der Waals surface area contributed by atoms with Gasteiger partial charge in [-0.25, -0.2) is 13.4 Å². The highest BCUT2D eigenvalue weighted by Crippen LogP contribution is 2.39. The van der Waals surface area contributed by atoms with Crippen molar-refractivity contribution in [1.29, 1.82) is 0 Å². The van der Waals surface area contributed by atoms with E-state index in [9.17, 15) is 13.2 Å². The molecule has 0 bridgehead atoms. The first-order chi connectivity index (χ1) is 18.3. The Morgan fingerprint density at radius 2 is 1.68 bits per heavy atom. The molecule has 1 amide bonds. The number of carbonyl (C=O) groups excluding carboxylic acids is 1. The van der Waals surface area contributed by atoms with Crippen LogP contribution in [0.25, 0.3) is 10.2 Å². The highest BCUT2D eigenvalue weighted by molar-refractivity contribution is 7.92. The second kappa shape index (κ2) is 12.1. The van der Waals surface area contributed by atoms with E-state index in [1.54, 1.807) is 66.6 Å². The number of anilines is 2. The predicted octanol–water partition coefficient (Wildman–Crippen LogP) is 5.75. The fourth-order valence-corrected chi connectivity index (χ4v) is 6.30. The van der Waals surface area contributed by atoms with Gasteiger partial charge in [0, 0.05) is 24.3 Å². The molecule has 8 nitrogen and oxygen atoms in total. The summed E-state index contributed by atoms with van der Waals surface area (Å²) in [5, 5.41) is 1.05. The van der Waals surface area contributed by atoms with E-state index in [1.165, 1.54) is 23.5 Å². The molecule has 0 unspecified atom stereocenters. The molecule has 0 fully saturated rings. The molecule has 1 aromatic heterocycles. The van der Waals surface area contributed by atoms with Crippen LogP contribution in [0.3, 0.4) is 0 Å². The van der Waals surface area contributed by atoms with Gasteiger partial charge in [-0.15, -0.1) is 0 Å². The van der Waals surface area contributed by atoms with Crippen LogP contribution >= 0.6 is 22.9 Å². The van der Waals surface area contributed by atoms with Gasteiger partial charge in [0.25, 0.3) is 15.9 Å². The molecule has 0 aliphatic carbocycles. The third kappa shape index (κ3) is 6.10. The summed E-state index contributed by atoms with van der Waals surface area (Å²) in [6.45, 7) is 6.94.